The average molecular weight is 319 g/mol. The second kappa shape index (κ2) is 6.91. The monoisotopic (exact) mass is 319 g/mol. The van der Waals surface area contributed by atoms with Gasteiger partial charge in [-0.2, -0.15) is 0 Å². The van der Waals surface area contributed by atoms with Crippen LogP contribution in [0.15, 0.2) is 60.8 Å². The van der Waals surface area contributed by atoms with E-state index in [0.29, 0.717) is 22.8 Å². The highest BCUT2D eigenvalue weighted by molar-refractivity contribution is 6.06. The minimum atomic E-state index is -0.219. The summed E-state index contributed by atoms with van der Waals surface area (Å²) in [5.74, 6) is 1.03. The number of ether oxygens (including phenoxy) is 1. The van der Waals surface area contributed by atoms with Crippen LogP contribution in [0.4, 0.5) is 5.69 Å². The molecule has 0 atom stereocenters. The van der Waals surface area contributed by atoms with E-state index in [1.807, 2.05) is 43.3 Å². The van der Waals surface area contributed by atoms with Crippen LogP contribution in [0.1, 0.15) is 16.2 Å². The predicted octanol–water partition coefficient (Wildman–Crippen LogP) is 3.71. The Kier molecular flexibility index (Phi) is 4.52. The number of hydrogen-bond donors (Lipinski definition) is 1. The van der Waals surface area contributed by atoms with Crippen molar-refractivity contribution in [2.45, 2.75) is 6.92 Å². The number of aromatic nitrogens is 2. The van der Waals surface area contributed by atoms with Gasteiger partial charge >= 0.3 is 0 Å². The second-order valence-electron chi connectivity index (χ2n) is 5.22. The lowest BCUT2D eigenvalue weighted by atomic mass is 10.1. The molecule has 5 heteroatoms. The summed E-state index contributed by atoms with van der Waals surface area (Å²) < 4.78 is 5.23. The summed E-state index contributed by atoms with van der Waals surface area (Å²) in [6.07, 6.45) is 1.72. The Morgan fingerprint density at radius 1 is 1.08 bits per heavy atom. The first-order valence-electron chi connectivity index (χ1n) is 7.52. The van der Waals surface area contributed by atoms with Gasteiger partial charge in [0.25, 0.3) is 5.91 Å². The third kappa shape index (κ3) is 3.41. The topological polar surface area (TPSA) is 64.1 Å². The van der Waals surface area contributed by atoms with E-state index in [4.69, 9.17) is 4.74 Å². The quantitative estimate of drug-likeness (QED) is 0.796. The number of nitrogens with zero attached hydrogens (tertiary/aromatic N) is 2. The molecule has 5 nitrogen and oxygen atoms in total. The van der Waals surface area contributed by atoms with E-state index < -0.39 is 0 Å². The number of methoxy groups -OCH3 is 1. The fourth-order valence-corrected chi connectivity index (χ4v) is 2.40. The zero-order chi connectivity index (χ0) is 16.9. The van der Waals surface area contributed by atoms with Crippen LogP contribution in [-0.2, 0) is 0 Å². The normalized spacial score (nSPS) is 10.2. The zero-order valence-electron chi connectivity index (χ0n) is 13.5. The minimum Gasteiger partial charge on any atom is -0.496 e. The Labute approximate surface area is 140 Å². The van der Waals surface area contributed by atoms with Crippen LogP contribution in [0, 0.1) is 6.92 Å². The molecular formula is C19H17N3O2. The first-order valence-corrected chi connectivity index (χ1v) is 7.52. The molecule has 0 saturated heterocycles. The summed E-state index contributed by atoms with van der Waals surface area (Å²) in [5.41, 5.74) is 2.91. The highest BCUT2D eigenvalue weighted by Gasteiger charge is 2.12. The Balaban J connectivity index is 1.86. The lowest BCUT2D eigenvalue weighted by Gasteiger charge is -2.10. The van der Waals surface area contributed by atoms with Crippen molar-refractivity contribution in [1.82, 2.24) is 9.97 Å². The molecule has 0 aliphatic carbocycles. The molecule has 0 saturated carbocycles. The first-order chi connectivity index (χ1) is 11.7. The molecule has 24 heavy (non-hydrogen) atoms. The number of rotatable bonds is 4. The number of amides is 1. The largest absolute Gasteiger partial charge is 0.496 e. The summed E-state index contributed by atoms with van der Waals surface area (Å²) in [7, 11) is 1.55. The average Bonchev–Trinajstić information content (AvgIpc) is 2.62. The summed E-state index contributed by atoms with van der Waals surface area (Å²) in [5, 5.41) is 2.90. The summed E-state index contributed by atoms with van der Waals surface area (Å²) in [4.78, 5) is 21.0. The van der Waals surface area contributed by atoms with Crippen LogP contribution in [0.5, 0.6) is 5.75 Å². The number of para-hydroxylation sites is 1. The van der Waals surface area contributed by atoms with Crippen molar-refractivity contribution in [3.05, 3.63) is 72.2 Å². The maximum Gasteiger partial charge on any atom is 0.259 e. The molecule has 0 unspecified atom stereocenters. The third-order valence-electron chi connectivity index (χ3n) is 3.54. The van der Waals surface area contributed by atoms with Gasteiger partial charge in [0.15, 0.2) is 0 Å². The van der Waals surface area contributed by atoms with Gasteiger partial charge in [0.05, 0.1) is 18.4 Å². The maximum absolute atomic E-state index is 12.5. The van der Waals surface area contributed by atoms with Crippen molar-refractivity contribution >= 4 is 11.6 Å². The molecule has 0 radical (unpaired) electrons. The maximum atomic E-state index is 12.5. The summed E-state index contributed by atoms with van der Waals surface area (Å²) >= 11 is 0. The smallest absolute Gasteiger partial charge is 0.259 e. The Bertz CT molecular complexity index is 878. The van der Waals surface area contributed by atoms with E-state index in [1.54, 1.807) is 31.5 Å². The number of hydrogen-bond acceptors (Lipinski definition) is 4. The molecule has 2 aromatic carbocycles. The van der Waals surface area contributed by atoms with Crippen LogP contribution < -0.4 is 10.1 Å². The molecular weight excluding hydrogens is 302 g/mol. The zero-order valence-corrected chi connectivity index (χ0v) is 13.5. The van der Waals surface area contributed by atoms with Gasteiger partial charge in [-0.3, -0.25) is 4.79 Å². The summed E-state index contributed by atoms with van der Waals surface area (Å²) in [6, 6.07) is 16.5. The molecule has 0 aliphatic rings. The van der Waals surface area contributed by atoms with Gasteiger partial charge in [-0.05, 0) is 37.3 Å². The molecule has 1 N–H and O–H groups in total. The molecule has 1 aromatic heterocycles. The van der Waals surface area contributed by atoms with E-state index in [2.05, 4.69) is 15.3 Å². The number of nitrogens with one attached hydrogen (secondary N) is 1. The second-order valence-corrected chi connectivity index (χ2v) is 5.22. The molecule has 3 aromatic rings. The minimum absolute atomic E-state index is 0.219. The fourth-order valence-electron chi connectivity index (χ4n) is 2.40. The van der Waals surface area contributed by atoms with Gasteiger partial charge in [-0.1, -0.05) is 24.3 Å². The van der Waals surface area contributed by atoms with Gasteiger partial charge in [-0.15, -0.1) is 0 Å². The Hall–Kier alpha value is -3.21. The van der Waals surface area contributed by atoms with Crippen molar-refractivity contribution in [2.24, 2.45) is 0 Å². The molecule has 0 aliphatic heterocycles. The van der Waals surface area contributed by atoms with Crippen molar-refractivity contribution < 1.29 is 9.53 Å². The standard InChI is InChI=1S/C19H17N3O2/c1-13-20-11-10-17(21-13)14-6-5-7-15(12-14)22-19(23)16-8-3-4-9-18(16)24-2/h3-12H,1-2H3,(H,22,23). The molecule has 0 bridgehead atoms. The van der Waals surface area contributed by atoms with Gasteiger partial charge in [0.2, 0.25) is 0 Å². The van der Waals surface area contributed by atoms with Crippen molar-refractivity contribution in [3.8, 4) is 17.0 Å². The Morgan fingerprint density at radius 3 is 2.71 bits per heavy atom. The van der Waals surface area contributed by atoms with Crippen LogP contribution in [0.25, 0.3) is 11.3 Å². The number of carbonyl (C=O) groups is 1. The number of carbonyl (C=O) groups excluding carboxylic acids is 1. The van der Waals surface area contributed by atoms with Crippen LogP contribution in [-0.4, -0.2) is 23.0 Å². The number of anilines is 1. The van der Waals surface area contributed by atoms with E-state index in [-0.39, 0.29) is 5.91 Å². The highest BCUT2D eigenvalue weighted by Crippen LogP contribution is 2.23. The molecule has 0 spiro atoms. The molecule has 120 valence electrons. The van der Waals surface area contributed by atoms with Gasteiger partial charge in [-0.25, -0.2) is 9.97 Å². The van der Waals surface area contributed by atoms with Crippen molar-refractivity contribution in [1.29, 1.82) is 0 Å². The molecule has 3 rings (SSSR count). The van der Waals surface area contributed by atoms with Crippen LogP contribution >= 0.6 is 0 Å². The number of aryl methyl sites for hydroxylation is 1. The van der Waals surface area contributed by atoms with E-state index >= 15 is 0 Å². The van der Waals surface area contributed by atoms with Gasteiger partial charge in [0.1, 0.15) is 11.6 Å². The van der Waals surface area contributed by atoms with Crippen molar-refractivity contribution in [2.75, 3.05) is 12.4 Å². The lowest BCUT2D eigenvalue weighted by molar-refractivity contribution is 0.102. The molecule has 1 heterocycles. The fraction of sp³-hybridized carbons (Fsp3) is 0.105. The number of benzene rings is 2. The predicted molar refractivity (Wildman–Crippen MR) is 93.2 cm³/mol. The first kappa shape index (κ1) is 15.7. The Morgan fingerprint density at radius 2 is 1.92 bits per heavy atom. The van der Waals surface area contributed by atoms with Crippen LogP contribution in [0.3, 0.4) is 0 Å². The van der Waals surface area contributed by atoms with E-state index in [0.717, 1.165) is 11.3 Å². The SMILES string of the molecule is COc1ccccc1C(=O)Nc1cccc(-c2ccnc(C)n2)c1. The third-order valence-corrected chi connectivity index (χ3v) is 3.54. The molecule has 0 fully saturated rings. The van der Waals surface area contributed by atoms with Gasteiger partial charge < -0.3 is 10.1 Å². The van der Waals surface area contributed by atoms with Gasteiger partial charge in [0, 0.05) is 17.4 Å². The lowest BCUT2D eigenvalue weighted by Crippen LogP contribution is -2.13. The van der Waals surface area contributed by atoms with Crippen molar-refractivity contribution in [3.63, 3.8) is 0 Å². The van der Waals surface area contributed by atoms with Crippen LogP contribution in [0.2, 0.25) is 0 Å². The highest BCUT2D eigenvalue weighted by atomic mass is 16.5. The molecule has 1 amide bonds. The van der Waals surface area contributed by atoms with E-state index in [9.17, 15) is 4.79 Å². The summed E-state index contributed by atoms with van der Waals surface area (Å²) in [6.45, 7) is 1.84. The van der Waals surface area contributed by atoms with E-state index in [1.165, 1.54) is 0 Å².